The van der Waals surface area contributed by atoms with Gasteiger partial charge in [-0.15, -0.1) is 0 Å². The molecule has 2 aromatic carbocycles. The number of hydrogen-bond acceptors (Lipinski definition) is 4. The molecule has 0 fully saturated rings. The molecule has 134 valence electrons. The molecule has 5 nitrogen and oxygen atoms in total. The summed E-state index contributed by atoms with van der Waals surface area (Å²) in [5.41, 5.74) is 2.18. The molecule has 0 bridgehead atoms. The fraction of sp³-hybridized carbons (Fsp3) is 0.200. The molecule has 1 amide bonds. The van der Waals surface area contributed by atoms with Crippen molar-refractivity contribution in [2.75, 3.05) is 13.6 Å². The van der Waals surface area contributed by atoms with Crippen LogP contribution in [-0.4, -0.2) is 29.4 Å². The van der Waals surface area contributed by atoms with Crippen LogP contribution in [0, 0.1) is 0 Å². The molecule has 0 aliphatic carbocycles. The molecule has 1 heterocycles. The molecule has 0 radical (unpaired) electrons. The Balaban J connectivity index is 1.66. The minimum atomic E-state index is -0.0306. The lowest BCUT2D eigenvalue weighted by Crippen LogP contribution is -2.26. The van der Waals surface area contributed by atoms with Crippen LogP contribution in [0.3, 0.4) is 0 Å². The second kappa shape index (κ2) is 8.19. The molecular formula is C20H19BrN2O3. The molecule has 0 unspecified atom stereocenters. The number of benzene rings is 2. The summed E-state index contributed by atoms with van der Waals surface area (Å²) in [5.74, 6) is 1.13. The Hall–Kier alpha value is -2.60. The fourth-order valence-corrected chi connectivity index (χ4v) is 2.60. The first-order valence-electron chi connectivity index (χ1n) is 8.25. The van der Waals surface area contributed by atoms with Gasteiger partial charge in [0.05, 0.1) is 0 Å². The van der Waals surface area contributed by atoms with Crippen LogP contribution in [0.5, 0.6) is 5.75 Å². The molecule has 0 saturated carbocycles. The van der Waals surface area contributed by atoms with Crippen molar-refractivity contribution in [3.05, 3.63) is 70.5 Å². The summed E-state index contributed by atoms with van der Waals surface area (Å²) in [7, 11) is 1.77. The first kappa shape index (κ1) is 18.2. The van der Waals surface area contributed by atoms with Crippen LogP contribution in [0.1, 0.15) is 23.0 Å². The van der Waals surface area contributed by atoms with Crippen LogP contribution in [0.4, 0.5) is 0 Å². The van der Waals surface area contributed by atoms with Crippen molar-refractivity contribution >= 4 is 21.8 Å². The lowest BCUT2D eigenvalue weighted by molar-refractivity contribution is 0.0802. The largest absolute Gasteiger partial charge is 0.487 e. The zero-order valence-electron chi connectivity index (χ0n) is 14.6. The topological polar surface area (TPSA) is 55.6 Å². The Morgan fingerprint density at radius 2 is 2.00 bits per heavy atom. The average molecular weight is 415 g/mol. The number of carbonyl (C=O) groups is 1. The van der Waals surface area contributed by atoms with Crippen molar-refractivity contribution < 1.29 is 13.9 Å². The number of hydrogen-bond donors (Lipinski definition) is 0. The first-order chi connectivity index (χ1) is 12.6. The summed E-state index contributed by atoms with van der Waals surface area (Å²) in [6, 6.07) is 14.9. The molecule has 3 aromatic rings. The minimum absolute atomic E-state index is 0.0306. The summed E-state index contributed by atoms with van der Waals surface area (Å²) >= 11 is 3.41. The van der Waals surface area contributed by atoms with Crippen LogP contribution < -0.4 is 4.74 Å². The lowest BCUT2D eigenvalue weighted by atomic mass is 10.2. The molecule has 26 heavy (non-hydrogen) atoms. The molecule has 1 aromatic heterocycles. The van der Waals surface area contributed by atoms with Gasteiger partial charge in [0.15, 0.2) is 0 Å². The third kappa shape index (κ3) is 4.32. The predicted octanol–water partition coefficient (Wildman–Crippen LogP) is 4.78. The van der Waals surface area contributed by atoms with Crippen molar-refractivity contribution in [2.24, 2.45) is 0 Å². The second-order valence-electron chi connectivity index (χ2n) is 5.79. The zero-order valence-corrected chi connectivity index (χ0v) is 16.2. The fourth-order valence-electron chi connectivity index (χ4n) is 2.34. The maximum atomic E-state index is 12.2. The van der Waals surface area contributed by atoms with Crippen molar-refractivity contribution in [3.63, 3.8) is 0 Å². The highest BCUT2D eigenvalue weighted by atomic mass is 79.9. The maximum absolute atomic E-state index is 12.2. The summed E-state index contributed by atoms with van der Waals surface area (Å²) < 4.78 is 12.3. The van der Waals surface area contributed by atoms with E-state index in [2.05, 4.69) is 20.9 Å². The van der Waals surface area contributed by atoms with E-state index in [0.717, 1.165) is 10.0 Å². The van der Waals surface area contributed by atoms with E-state index in [-0.39, 0.29) is 12.5 Å². The van der Waals surface area contributed by atoms with E-state index in [1.807, 2.05) is 43.3 Å². The normalized spacial score (nSPS) is 10.6. The predicted molar refractivity (Wildman–Crippen MR) is 103 cm³/mol. The van der Waals surface area contributed by atoms with E-state index in [1.165, 1.54) is 0 Å². The van der Waals surface area contributed by atoms with E-state index in [1.54, 1.807) is 30.3 Å². The Kier molecular flexibility index (Phi) is 5.73. The summed E-state index contributed by atoms with van der Waals surface area (Å²) in [5, 5.41) is 0. The quantitative estimate of drug-likeness (QED) is 0.582. The molecule has 3 rings (SSSR count). The number of halogens is 1. The Labute approximate surface area is 160 Å². The molecule has 0 aliphatic heterocycles. The van der Waals surface area contributed by atoms with Crippen molar-refractivity contribution in [2.45, 2.75) is 13.5 Å². The van der Waals surface area contributed by atoms with Crippen LogP contribution >= 0.6 is 15.9 Å². The minimum Gasteiger partial charge on any atom is -0.487 e. The highest BCUT2D eigenvalue weighted by Gasteiger charge is 2.11. The van der Waals surface area contributed by atoms with Gasteiger partial charge in [0, 0.05) is 29.2 Å². The monoisotopic (exact) mass is 414 g/mol. The molecule has 0 aliphatic rings. The van der Waals surface area contributed by atoms with Gasteiger partial charge in [-0.1, -0.05) is 22.0 Å². The van der Waals surface area contributed by atoms with Gasteiger partial charge in [-0.3, -0.25) is 4.79 Å². The second-order valence-corrected chi connectivity index (χ2v) is 6.70. The van der Waals surface area contributed by atoms with E-state index in [4.69, 9.17) is 9.15 Å². The standard InChI is InChI=1S/C20H19BrN2O3/c1-3-23(2)20(24)15-5-4-6-18(11-15)25-12-17-13-26-19(22-17)14-7-9-16(21)10-8-14/h4-11,13H,3,12H2,1-2H3. The molecule has 0 spiro atoms. The number of carbonyl (C=O) groups excluding carboxylic acids is 1. The number of oxazole rings is 1. The van der Waals surface area contributed by atoms with Gasteiger partial charge in [0.1, 0.15) is 24.3 Å². The highest BCUT2D eigenvalue weighted by molar-refractivity contribution is 9.10. The van der Waals surface area contributed by atoms with Crippen LogP contribution in [0.25, 0.3) is 11.5 Å². The van der Waals surface area contributed by atoms with Gasteiger partial charge in [-0.2, -0.15) is 0 Å². The van der Waals surface area contributed by atoms with Crippen LogP contribution in [0.15, 0.2) is 63.7 Å². The highest BCUT2D eigenvalue weighted by Crippen LogP contribution is 2.22. The number of ether oxygens (including phenoxy) is 1. The van der Waals surface area contributed by atoms with Gasteiger partial charge in [0.2, 0.25) is 5.89 Å². The summed E-state index contributed by atoms with van der Waals surface area (Å²) in [6.07, 6.45) is 1.58. The van der Waals surface area contributed by atoms with Gasteiger partial charge >= 0.3 is 0 Å². The Morgan fingerprint density at radius 3 is 2.73 bits per heavy atom. The van der Waals surface area contributed by atoms with Gasteiger partial charge in [0.25, 0.3) is 5.91 Å². The van der Waals surface area contributed by atoms with E-state index in [0.29, 0.717) is 29.4 Å². The third-order valence-electron chi connectivity index (χ3n) is 3.93. The Morgan fingerprint density at radius 1 is 1.23 bits per heavy atom. The molecule has 0 N–H and O–H groups in total. The molecular weight excluding hydrogens is 396 g/mol. The van der Waals surface area contributed by atoms with E-state index >= 15 is 0 Å². The van der Waals surface area contributed by atoms with Crippen LogP contribution in [-0.2, 0) is 6.61 Å². The average Bonchev–Trinajstić information content (AvgIpc) is 3.15. The van der Waals surface area contributed by atoms with Gasteiger partial charge in [-0.25, -0.2) is 4.98 Å². The molecule has 0 saturated heterocycles. The Bertz CT molecular complexity index is 890. The number of rotatable bonds is 6. The number of nitrogens with zero attached hydrogens (tertiary/aromatic N) is 2. The molecule has 6 heteroatoms. The SMILES string of the molecule is CCN(C)C(=O)c1cccc(OCc2coc(-c3ccc(Br)cc3)n2)c1. The number of amides is 1. The maximum Gasteiger partial charge on any atom is 0.253 e. The van der Waals surface area contributed by atoms with E-state index < -0.39 is 0 Å². The summed E-state index contributed by atoms with van der Waals surface area (Å²) in [4.78, 5) is 18.3. The first-order valence-corrected chi connectivity index (χ1v) is 9.05. The van der Waals surface area contributed by atoms with Crippen molar-refractivity contribution in [1.82, 2.24) is 9.88 Å². The van der Waals surface area contributed by atoms with E-state index in [9.17, 15) is 4.79 Å². The van der Waals surface area contributed by atoms with Crippen LogP contribution in [0.2, 0.25) is 0 Å². The third-order valence-corrected chi connectivity index (χ3v) is 4.46. The van der Waals surface area contributed by atoms with Crippen molar-refractivity contribution in [1.29, 1.82) is 0 Å². The van der Waals surface area contributed by atoms with Crippen molar-refractivity contribution in [3.8, 4) is 17.2 Å². The smallest absolute Gasteiger partial charge is 0.253 e. The zero-order chi connectivity index (χ0) is 18.5. The summed E-state index contributed by atoms with van der Waals surface area (Å²) in [6.45, 7) is 2.86. The molecule has 0 atom stereocenters. The lowest BCUT2D eigenvalue weighted by Gasteiger charge is -2.15. The van der Waals surface area contributed by atoms with Gasteiger partial charge in [-0.05, 0) is 49.4 Å². The number of aromatic nitrogens is 1. The van der Waals surface area contributed by atoms with Gasteiger partial charge < -0.3 is 14.1 Å².